The van der Waals surface area contributed by atoms with E-state index in [0.29, 0.717) is 47.9 Å². The molecule has 0 bridgehead atoms. The fraction of sp³-hybridized carbons (Fsp3) is 0.391. The number of carbonyl (C=O) groups is 2. The average Bonchev–Trinajstić information content (AvgIpc) is 2.83. The molecule has 1 atom stereocenters. The third-order valence-corrected chi connectivity index (χ3v) is 6.98. The summed E-state index contributed by atoms with van der Waals surface area (Å²) in [5.41, 5.74) is 1.59. The molecule has 2 amide bonds. The first-order chi connectivity index (χ1) is 16.3. The lowest BCUT2D eigenvalue weighted by Gasteiger charge is -2.45. The van der Waals surface area contributed by atoms with E-state index in [1.807, 2.05) is 6.92 Å². The van der Waals surface area contributed by atoms with Crippen LogP contribution in [0.4, 0.5) is 9.18 Å². The molecule has 9 nitrogen and oxygen atoms in total. The van der Waals surface area contributed by atoms with E-state index in [1.54, 1.807) is 18.2 Å². The van der Waals surface area contributed by atoms with Crippen molar-refractivity contribution >= 4 is 33.6 Å². The summed E-state index contributed by atoms with van der Waals surface area (Å²) >= 11 is 3.42. The lowest BCUT2D eigenvalue weighted by molar-refractivity contribution is 0.00352. The first-order valence-electron chi connectivity index (χ1n) is 10.8. The van der Waals surface area contributed by atoms with Crippen molar-refractivity contribution in [3.05, 3.63) is 58.1 Å². The van der Waals surface area contributed by atoms with Crippen molar-refractivity contribution in [2.75, 3.05) is 0 Å². The zero-order chi connectivity index (χ0) is 24.3. The average molecular weight is 529 g/mol. The number of nitriles is 1. The first kappa shape index (κ1) is 23.8. The molecule has 0 radical (unpaired) electrons. The van der Waals surface area contributed by atoms with Gasteiger partial charge in [-0.15, -0.1) is 5.10 Å². The fourth-order valence-electron chi connectivity index (χ4n) is 4.63. The van der Waals surface area contributed by atoms with E-state index in [2.05, 4.69) is 48.0 Å². The number of nitrogens with zero attached hydrogens (tertiary/aromatic N) is 4. The second-order valence-corrected chi connectivity index (χ2v) is 9.51. The maximum Gasteiger partial charge on any atom is 0.428 e. The Labute approximate surface area is 203 Å². The highest BCUT2D eigenvalue weighted by molar-refractivity contribution is 9.10. The molecule has 2 aliphatic rings. The van der Waals surface area contributed by atoms with Crippen molar-refractivity contribution in [1.29, 1.82) is 5.26 Å². The van der Waals surface area contributed by atoms with Crippen LogP contribution in [0, 0.1) is 22.6 Å². The molecule has 0 unspecified atom stereocenters. The molecule has 11 heteroatoms. The third kappa shape index (κ3) is 4.77. The Balaban J connectivity index is 1.51. The number of ether oxygens (including phenoxy) is 1. The van der Waals surface area contributed by atoms with Crippen molar-refractivity contribution in [1.82, 2.24) is 20.9 Å². The fourth-order valence-corrected chi connectivity index (χ4v) is 5.06. The zero-order valence-electron chi connectivity index (χ0n) is 18.3. The Bertz CT molecular complexity index is 1170. The Kier molecular flexibility index (Phi) is 6.61. The van der Waals surface area contributed by atoms with Gasteiger partial charge in [-0.1, -0.05) is 15.9 Å². The van der Waals surface area contributed by atoms with Crippen LogP contribution in [0.5, 0.6) is 0 Å². The van der Waals surface area contributed by atoms with Gasteiger partial charge in [-0.3, -0.25) is 4.79 Å². The number of amides is 2. The van der Waals surface area contributed by atoms with Gasteiger partial charge in [0, 0.05) is 22.3 Å². The maximum absolute atomic E-state index is 14.0. The largest absolute Gasteiger partial charge is 0.435 e. The molecule has 2 heterocycles. The number of rotatable bonds is 5. The van der Waals surface area contributed by atoms with Crippen LogP contribution < -0.4 is 10.7 Å². The lowest BCUT2D eigenvalue weighted by atomic mass is 9.65. The second kappa shape index (κ2) is 9.46. The predicted octanol–water partition coefficient (Wildman–Crippen LogP) is 3.85. The summed E-state index contributed by atoms with van der Waals surface area (Å²) < 4.78 is 20.3. The number of aromatic nitrogens is 2. The molecule has 1 spiro atoms. The highest BCUT2D eigenvalue weighted by Gasteiger charge is 2.51. The molecule has 1 saturated carbocycles. The summed E-state index contributed by atoms with van der Waals surface area (Å²) in [7, 11) is 0. The summed E-state index contributed by atoms with van der Waals surface area (Å²) in [6.45, 7) is 1.83. The van der Waals surface area contributed by atoms with Crippen LogP contribution in [0.1, 0.15) is 55.1 Å². The van der Waals surface area contributed by atoms with Gasteiger partial charge in [-0.2, -0.15) is 15.5 Å². The molecule has 2 aromatic rings. The van der Waals surface area contributed by atoms with Gasteiger partial charge in [0.1, 0.15) is 11.5 Å². The number of hydrogen-bond acceptors (Lipinski definition) is 7. The van der Waals surface area contributed by atoms with Gasteiger partial charge in [0.25, 0.3) is 5.91 Å². The molecular formula is C23H22BrFN6O3. The summed E-state index contributed by atoms with van der Waals surface area (Å²) in [5, 5.41) is 24.6. The first-order valence-corrected chi connectivity index (χ1v) is 11.6. The highest BCUT2D eigenvalue weighted by atomic mass is 79.9. The standard InChI is InChI=1S/C23H22BrFN6O3/c1-14(28-20(32)18-3-2-10-27-29-18)12-22(13-26)6-8-23(9-7-22)19(30-31-21(33)34-23)16-11-15(25)4-5-17(16)24/h2-5,10-11,14H,6-9,12H2,1H3,(H,28,32)(H,31,33)/t14-,22?,23?/m0/s1. The number of hydrazone groups is 1. The molecule has 0 saturated heterocycles. The minimum absolute atomic E-state index is 0.200. The van der Waals surface area contributed by atoms with Gasteiger partial charge in [0.15, 0.2) is 11.3 Å². The normalized spacial score (nSPS) is 24.9. The molecular weight excluding hydrogens is 507 g/mol. The minimum atomic E-state index is -1.08. The van der Waals surface area contributed by atoms with E-state index in [0.717, 1.165) is 0 Å². The van der Waals surface area contributed by atoms with E-state index < -0.39 is 22.9 Å². The van der Waals surface area contributed by atoms with Crippen molar-refractivity contribution in [2.24, 2.45) is 10.5 Å². The van der Waals surface area contributed by atoms with Crippen molar-refractivity contribution in [3.8, 4) is 6.07 Å². The van der Waals surface area contributed by atoms with Crippen LogP contribution in [-0.2, 0) is 4.74 Å². The SMILES string of the molecule is C[C@@H](CC1(C#N)CCC2(CC1)OC(=O)NN=C2c1cc(F)ccc1Br)NC(=O)c1cccnn1. The Morgan fingerprint density at radius 2 is 2.12 bits per heavy atom. The van der Waals surface area contributed by atoms with Crippen molar-refractivity contribution in [2.45, 2.75) is 50.7 Å². The van der Waals surface area contributed by atoms with Gasteiger partial charge in [-0.25, -0.2) is 14.6 Å². The number of nitrogens with one attached hydrogen (secondary N) is 2. The maximum atomic E-state index is 14.0. The molecule has 176 valence electrons. The molecule has 1 aliphatic heterocycles. The minimum Gasteiger partial charge on any atom is -0.435 e. The van der Waals surface area contributed by atoms with E-state index in [4.69, 9.17) is 4.74 Å². The molecule has 1 fully saturated rings. The van der Waals surface area contributed by atoms with Crippen LogP contribution in [0.2, 0.25) is 0 Å². The number of halogens is 2. The van der Waals surface area contributed by atoms with E-state index in [1.165, 1.54) is 18.3 Å². The van der Waals surface area contributed by atoms with Crippen molar-refractivity contribution in [3.63, 3.8) is 0 Å². The summed E-state index contributed by atoms with van der Waals surface area (Å²) in [6.07, 6.45) is 2.69. The summed E-state index contributed by atoms with van der Waals surface area (Å²) in [6, 6.07) is 9.54. The summed E-state index contributed by atoms with van der Waals surface area (Å²) in [5.74, 6) is -0.804. The highest BCUT2D eigenvalue weighted by Crippen LogP contribution is 2.47. The predicted molar refractivity (Wildman–Crippen MR) is 123 cm³/mol. The van der Waals surface area contributed by atoms with Crippen LogP contribution >= 0.6 is 15.9 Å². The zero-order valence-corrected chi connectivity index (χ0v) is 19.9. The van der Waals surface area contributed by atoms with E-state index in [-0.39, 0.29) is 17.6 Å². The topological polar surface area (TPSA) is 129 Å². The van der Waals surface area contributed by atoms with Gasteiger partial charge in [0.2, 0.25) is 0 Å². The molecule has 1 aromatic carbocycles. The van der Waals surface area contributed by atoms with E-state index >= 15 is 0 Å². The third-order valence-electron chi connectivity index (χ3n) is 6.29. The summed E-state index contributed by atoms with van der Waals surface area (Å²) in [4.78, 5) is 24.5. The van der Waals surface area contributed by atoms with Gasteiger partial charge < -0.3 is 10.1 Å². The molecule has 2 N–H and O–H groups in total. The Morgan fingerprint density at radius 1 is 1.35 bits per heavy atom. The van der Waals surface area contributed by atoms with Gasteiger partial charge in [0.05, 0.1) is 11.5 Å². The Morgan fingerprint density at radius 3 is 2.79 bits per heavy atom. The monoisotopic (exact) mass is 528 g/mol. The van der Waals surface area contributed by atoms with Crippen LogP contribution in [-0.4, -0.2) is 39.6 Å². The van der Waals surface area contributed by atoms with Crippen LogP contribution in [0.25, 0.3) is 0 Å². The number of hydrogen-bond donors (Lipinski definition) is 2. The molecule has 1 aromatic heterocycles. The molecule has 34 heavy (non-hydrogen) atoms. The van der Waals surface area contributed by atoms with Gasteiger partial charge in [-0.05, 0) is 69.4 Å². The molecule has 1 aliphatic carbocycles. The smallest absolute Gasteiger partial charge is 0.428 e. The lowest BCUT2D eigenvalue weighted by Crippen LogP contribution is -2.54. The quantitative estimate of drug-likeness (QED) is 0.606. The number of benzene rings is 1. The van der Waals surface area contributed by atoms with E-state index in [9.17, 15) is 19.2 Å². The van der Waals surface area contributed by atoms with Crippen LogP contribution in [0.15, 0.2) is 46.1 Å². The second-order valence-electron chi connectivity index (χ2n) is 8.66. The Hall–Kier alpha value is -3.39. The van der Waals surface area contributed by atoms with Gasteiger partial charge >= 0.3 is 6.09 Å². The number of carbonyl (C=O) groups excluding carboxylic acids is 2. The molecule has 4 rings (SSSR count). The van der Waals surface area contributed by atoms with Crippen molar-refractivity contribution < 1.29 is 18.7 Å². The van der Waals surface area contributed by atoms with Crippen LogP contribution in [0.3, 0.4) is 0 Å².